The third kappa shape index (κ3) is 4.02. The highest BCUT2D eigenvalue weighted by Crippen LogP contribution is 2.37. The van der Waals surface area contributed by atoms with Gasteiger partial charge < -0.3 is 20.8 Å². The lowest BCUT2D eigenvalue weighted by atomic mass is 9.89. The quantitative estimate of drug-likeness (QED) is 0.712. The van der Waals surface area contributed by atoms with E-state index in [1.54, 1.807) is 0 Å². The van der Waals surface area contributed by atoms with Gasteiger partial charge in [0, 0.05) is 35.5 Å². The Morgan fingerprint density at radius 2 is 2.00 bits per heavy atom. The summed E-state index contributed by atoms with van der Waals surface area (Å²) in [6.45, 7) is 6.17. The van der Waals surface area contributed by atoms with Gasteiger partial charge in [0.05, 0.1) is 11.9 Å². The summed E-state index contributed by atoms with van der Waals surface area (Å²) in [5.41, 5.74) is 8.60. The van der Waals surface area contributed by atoms with Crippen LogP contribution in [0.3, 0.4) is 0 Å². The van der Waals surface area contributed by atoms with Crippen molar-refractivity contribution in [3.8, 4) is 0 Å². The van der Waals surface area contributed by atoms with Crippen molar-refractivity contribution in [3.63, 3.8) is 0 Å². The van der Waals surface area contributed by atoms with Gasteiger partial charge in [-0.3, -0.25) is 4.79 Å². The van der Waals surface area contributed by atoms with Gasteiger partial charge in [-0.25, -0.2) is 0 Å². The minimum atomic E-state index is 0.149. The number of carbonyl (C=O) groups excluding carboxylic acids is 1. The Labute approximate surface area is 156 Å². The maximum atomic E-state index is 13.3. The van der Waals surface area contributed by atoms with Crippen molar-refractivity contribution in [2.45, 2.75) is 77.5 Å². The zero-order valence-corrected chi connectivity index (χ0v) is 16.1. The molecular weight excluding hydrogens is 326 g/mol. The van der Waals surface area contributed by atoms with E-state index >= 15 is 0 Å². The third-order valence-electron chi connectivity index (χ3n) is 5.46. The highest BCUT2D eigenvalue weighted by atomic mass is 16.5. The van der Waals surface area contributed by atoms with Crippen molar-refractivity contribution in [2.24, 2.45) is 11.7 Å². The molecule has 142 valence electrons. The first-order valence-electron chi connectivity index (χ1n) is 9.78. The van der Waals surface area contributed by atoms with Crippen molar-refractivity contribution >= 4 is 12.1 Å². The van der Waals surface area contributed by atoms with E-state index in [-0.39, 0.29) is 24.0 Å². The van der Waals surface area contributed by atoms with Crippen LogP contribution in [0, 0.1) is 11.3 Å². The predicted octanol–water partition coefficient (Wildman–Crippen LogP) is 3.67. The van der Waals surface area contributed by atoms with Crippen LogP contribution in [0.15, 0.2) is 34.8 Å². The van der Waals surface area contributed by atoms with E-state index in [1.807, 2.05) is 26.0 Å². The first-order valence-corrected chi connectivity index (χ1v) is 9.78. The number of nitrogens with two attached hydrogens (primary N) is 1. The first kappa shape index (κ1) is 18.7. The lowest BCUT2D eigenvalue weighted by Crippen LogP contribution is -2.45. The first-order chi connectivity index (χ1) is 12.4. The summed E-state index contributed by atoms with van der Waals surface area (Å²) in [5.74, 6) is 1.35. The number of rotatable bonds is 6. The maximum Gasteiger partial charge on any atom is 0.250 e. The second-order valence-electron chi connectivity index (χ2n) is 8.07. The van der Waals surface area contributed by atoms with Crippen LogP contribution in [0.1, 0.15) is 59.3 Å². The van der Waals surface area contributed by atoms with Gasteiger partial charge >= 0.3 is 0 Å². The highest BCUT2D eigenvalue weighted by Gasteiger charge is 2.40. The molecule has 1 amide bonds. The molecule has 1 saturated carbocycles. The topological polar surface area (TPSA) is 79.4 Å². The molecule has 0 saturated heterocycles. The molecule has 1 fully saturated rings. The zero-order chi connectivity index (χ0) is 18.8. The van der Waals surface area contributed by atoms with E-state index in [2.05, 4.69) is 11.8 Å². The molecule has 0 aromatic carbocycles. The fraction of sp³-hybridized carbons (Fsp3) is 0.619. The number of hydrogen-bond acceptors (Lipinski definition) is 4. The predicted molar refractivity (Wildman–Crippen MR) is 104 cm³/mol. The standard InChI is InChI=1S/C21H31N3O2/c1-13(2)26-20-9-4-15(10-14(20)3)21(25)24(17-5-6-17)18-7-8-19(23)16(11-18)12-22/h4,9,12-14,17-18,22H,5-8,10-11,23H2,1-3H3. The smallest absolute Gasteiger partial charge is 0.250 e. The van der Waals surface area contributed by atoms with Crippen LogP contribution in [0.25, 0.3) is 0 Å². The van der Waals surface area contributed by atoms with Crippen LogP contribution < -0.4 is 5.73 Å². The number of nitrogens with one attached hydrogen (secondary N) is 1. The SMILES string of the molecule is CC(C)OC1=CC=C(C(=O)N(C2CC2)C2CCC(N)=C(C=N)C2)CC1C. The van der Waals surface area contributed by atoms with E-state index in [1.165, 1.54) is 6.21 Å². The van der Waals surface area contributed by atoms with Gasteiger partial charge in [-0.15, -0.1) is 0 Å². The lowest BCUT2D eigenvalue weighted by molar-refractivity contribution is -0.130. The summed E-state index contributed by atoms with van der Waals surface area (Å²) in [4.78, 5) is 15.4. The van der Waals surface area contributed by atoms with Crippen molar-refractivity contribution in [1.29, 1.82) is 5.41 Å². The summed E-state index contributed by atoms with van der Waals surface area (Å²) in [7, 11) is 0. The fourth-order valence-electron chi connectivity index (χ4n) is 3.94. The largest absolute Gasteiger partial charge is 0.495 e. The Bertz CT molecular complexity index is 671. The number of carbonyl (C=O) groups is 1. The molecule has 0 aromatic heterocycles. The van der Waals surface area contributed by atoms with E-state index < -0.39 is 0 Å². The Morgan fingerprint density at radius 1 is 1.27 bits per heavy atom. The van der Waals surface area contributed by atoms with Gasteiger partial charge in [0.1, 0.15) is 0 Å². The number of hydrogen-bond donors (Lipinski definition) is 2. The normalized spacial score (nSPS) is 26.3. The molecule has 0 bridgehead atoms. The van der Waals surface area contributed by atoms with Crippen molar-refractivity contribution in [3.05, 3.63) is 34.8 Å². The highest BCUT2D eigenvalue weighted by molar-refractivity contribution is 5.95. The van der Waals surface area contributed by atoms with Gasteiger partial charge in [-0.05, 0) is 64.0 Å². The summed E-state index contributed by atoms with van der Waals surface area (Å²) >= 11 is 0. The molecule has 3 aliphatic carbocycles. The molecule has 3 aliphatic rings. The average molecular weight is 357 g/mol. The molecule has 0 aliphatic heterocycles. The number of amides is 1. The second-order valence-corrected chi connectivity index (χ2v) is 8.07. The molecule has 0 radical (unpaired) electrons. The molecule has 0 aromatic rings. The summed E-state index contributed by atoms with van der Waals surface area (Å²) in [6, 6.07) is 0.514. The molecule has 2 atom stereocenters. The van der Waals surface area contributed by atoms with E-state index in [9.17, 15) is 4.79 Å². The van der Waals surface area contributed by atoms with Crippen LogP contribution in [-0.4, -0.2) is 35.2 Å². The number of ether oxygens (including phenoxy) is 1. The Balaban J connectivity index is 1.77. The van der Waals surface area contributed by atoms with Crippen molar-refractivity contribution in [2.75, 3.05) is 0 Å². The number of allylic oxidation sites excluding steroid dienone is 4. The number of nitrogens with zero attached hydrogens (tertiary/aromatic N) is 1. The van der Waals surface area contributed by atoms with Gasteiger partial charge in [-0.2, -0.15) is 0 Å². The van der Waals surface area contributed by atoms with Gasteiger partial charge in [0.25, 0.3) is 0 Å². The van der Waals surface area contributed by atoms with Gasteiger partial charge in [-0.1, -0.05) is 13.0 Å². The third-order valence-corrected chi connectivity index (χ3v) is 5.46. The van der Waals surface area contributed by atoms with Gasteiger partial charge in [0.2, 0.25) is 5.91 Å². The zero-order valence-electron chi connectivity index (χ0n) is 16.1. The van der Waals surface area contributed by atoms with Crippen molar-refractivity contribution < 1.29 is 9.53 Å². The second kappa shape index (κ2) is 7.68. The molecule has 0 spiro atoms. The average Bonchev–Trinajstić information content (AvgIpc) is 3.42. The Hall–Kier alpha value is -2.04. The molecule has 5 heteroatoms. The van der Waals surface area contributed by atoms with Gasteiger partial charge in [0.15, 0.2) is 0 Å². The van der Waals surface area contributed by atoms with Crippen LogP contribution in [0.4, 0.5) is 0 Å². The molecule has 3 rings (SSSR count). The lowest BCUT2D eigenvalue weighted by Gasteiger charge is -2.36. The fourth-order valence-corrected chi connectivity index (χ4v) is 3.94. The molecule has 5 nitrogen and oxygen atoms in total. The molecule has 2 unspecified atom stereocenters. The van der Waals surface area contributed by atoms with Crippen LogP contribution in [0.5, 0.6) is 0 Å². The minimum Gasteiger partial charge on any atom is -0.495 e. The molecular formula is C21H31N3O2. The Kier molecular flexibility index (Phi) is 5.54. The minimum absolute atomic E-state index is 0.149. The summed E-state index contributed by atoms with van der Waals surface area (Å²) in [5, 5.41) is 7.59. The van der Waals surface area contributed by atoms with Crippen molar-refractivity contribution in [1.82, 2.24) is 4.90 Å². The van der Waals surface area contributed by atoms with Crippen LogP contribution >= 0.6 is 0 Å². The molecule has 26 heavy (non-hydrogen) atoms. The molecule has 3 N–H and O–H groups in total. The monoisotopic (exact) mass is 357 g/mol. The summed E-state index contributed by atoms with van der Waals surface area (Å²) < 4.78 is 5.86. The maximum absolute atomic E-state index is 13.3. The van der Waals surface area contributed by atoms with E-state index in [4.69, 9.17) is 15.9 Å². The van der Waals surface area contributed by atoms with Crippen LogP contribution in [0.2, 0.25) is 0 Å². The van der Waals surface area contributed by atoms with Crippen LogP contribution in [-0.2, 0) is 9.53 Å². The molecule has 0 heterocycles. The van der Waals surface area contributed by atoms with E-state index in [0.717, 1.165) is 54.7 Å². The Morgan fingerprint density at radius 3 is 2.58 bits per heavy atom. The van der Waals surface area contributed by atoms with E-state index in [0.29, 0.717) is 12.5 Å². The summed E-state index contributed by atoms with van der Waals surface area (Å²) in [6.07, 6.45) is 10.7.